The zero-order valence-electron chi connectivity index (χ0n) is 15.2. The number of hydrogen-bond acceptors (Lipinski definition) is 4. The second-order valence-electron chi connectivity index (χ2n) is 7.17. The minimum Gasteiger partial charge on any atom is -0.368 e. The lowest BCUT2D eigenvalue weighted by atomic mass is 9.93. The van der Waals surface area contributed by atoms with Gasteiger partial charge in [0.25, 0.3) is 0 Å². The van der Waals surface area contributed by atoms with Gasteiger partial charge in [-0.2, -0.15) is 0 Å². The first kappa shape index (κ1) is 16.7. The highest BCUT2D eigenvalue weighted by Crippen LogP contribution is 2.31. The van der Waals surface area contributed by atoms with E-state index in [1.54, 1.807) is 12.4 Å². The van der Waals surface area contributed by atoms with Crippen molar-refractivity contribution in [2.75, 3.05) is 36.0 Å². The van der Waals surface area contributed by atoms with E-state index in [1.165, 1.54) is 16.8 Å². The van der Waals surface area contributed by atoms with Crippen LogP contribution in [0.1, 0.15) is 50.7 Å². The molecule has 1 aliphatic rings. The van der Waals surface area contributed by atoms with Crippen LogP contribution in [-0.4, -0.2) is 36.1 Å². The fourth-order valence-corrected chi connectivity index (χ4v) is 3.31. The Kier molecular flexibility index (Phi) is 5.03. The molecule has 3 rings (SSSR count). The van der Waals surface area contributed by atoms with Gasteiger partial charge in [-0.25, -0.2) is 4.98 Å². The van der Waals surface area contributed by atoms with E-state index >= 15 is 0 Å². The molecule has 0 aliphatic carbocycles. The van der Waals surface area contributed by atoms with Gasteiger partial charge in [0.15, 0.2) is 0 Å². The van der Waals surface area contributed by atoms with E-state index in [0.29, 0.717) is 11.8 Å². The summed E-state index contributed by atoms with van der Waals surface area (Å²) in [6, 6.07) is 7.02. The minimum atomic E-state index is 0.539. The van der Waals surface area contributed by atoms with Crippen LogP contribution in [0.15, 0.2) is 36.8 Å². The molecule has 128 valence electrons. The Labute approximate surface area is 145 Å². The average molecular weight is 324 g/mol. The number of anilines is 2. The van der Waals surface area contributed by atoms with E-state index < -0.39 is 0 Å². The molecule has 4 heteroatoms. The molecular formula is C20H28N4. The molecule has 1 saturated heterocycles. The van der Waals surface area contributed by atoms with Crippen molar-refractivity contribution in [2.45, 2.75) is 39.5 Å². The Morgan fingerprint density at radius 1 is 0.875 bits per heavy atom. The van der Waals surface area contributed by atoms with Gasteiger partial charge < -0.3 is 9.80 Å². The van der Waals surface area contributed by atoms with E-state index in [2.05, 4.69) is 65.7 Å². The molecule has 0 N–H and O–H groups in total. The Bertz CT molecular complexity index is 659. The first-order valence-corrected chi connectivity index (χ1v) is 8.96. The Hall–Kier alpha value is -2.10. The highest BCUT2D eigenvalue weighted by atomic mass is 15.3. The summed E-state index contributed by atoms with van der Waals surface area (Å²) >= 11 is 0. The Morgan fingerprint density at radius 3 is 2.17 bits per heavy atom. The molecular weight excluding hydrogens is 296 g/mol. The van der Waals surface area contributed by atoms with Crippen LogP contribution < -0.4 is 9.80 Å². The summed E-state index contributed by atoms with van der Waals surface area (Å²) in [6.07, 6.45) is 5.35. The van der Waals surface area contributed by atoms with E-state index in [-0.39, 0.29) is 0 Å². The number of nitrogens with zero attached hydrogens (tertiary/aromatic N) is 4. The summed E-state index contributed by atoms with van der Waals surface area (Å²) < 4.78 is 0. The zero-order valence-corrected chi connectivity index (χ0v) is 15.2. The number of piperazine rings is 1. The third-order valence-corrected chi connectivity index (χ3v) is 4.83. The molecule has 0 bridgehead atoms. The van der Waals surface area contributed by atoms with Gasteiger partial charge in [-0.05, 0) is 29.0 Å². The number of aromatic nitrogens is 2. The van der Waals surface area contributed by atoms with Crippen molar-refractivity contribution >= 4 is 11.5 Å². The van der Waals surface area contributed by atoms with Gasteiger partial charge in [0.05, 0.1) is 6.20 Å². The first-order valence-electron chi connectivity index (χ1n) is 8.96. The summed E-state index contributed by atoms with van der Waals surface area (Å²) in [4.78, 5) is 13.4. The maximum absolute atomic E-state index is 4.42. The second-order valence-corrected chi connectivity index (χ2v) is 7.17. The molecule has 2 heterocycles. The van der Waals surface area contributed by atoms with Crippen molar-refractivity contribution in [2.24, 2.45) is 0 Å². The van der Waals surface area contributed by atoms with Gasteiger partial charge in [-0.1, -0.05) is 39.8 Å². The molecule has 0 spiro atoms. The molecule has 0 atom stereocenters. The van der Waals surface area contributed by atoms with Crippen molar-refractivity contribution < 1.29 is 0 Å². The van der Waals surface area contributed by atoms with E-state index in [1.807, 2.05) is 6.20 Å². The Balaban J connectivity index is 1.76. The predicted octanol–water partition coefficient (Wildman–Crippen LogP) is 4.05. The van der Waals surface area contributed by atoms with Crippen molar-refractivity contribution in [3.8, 4) is 0 Å². The monoisotopic (exact) mass is 324 g/mol. The fraction of sp³-hybridized carbons (Fsp3) is 0.500. The lowest BCUT2D eigenvalue weighted by Crippen LogP contribution is -2.47. The second kappa shape index (κ2) is 7.20. The standard InChI is InChI=1S/C20H28N4/c1-15(2)17-5-6-19(18(13-17)16(3)4)23-9-11-24(12-10-23)20-14-21-7-8-22-20/h5-8,13-16H,9-12H2,1-4H3. The van der Waals surface area contributed by atoms with Gasteiger partial charge in [-0.3, -0.25) is 4.98 Å². The van der Waals surface area contributed by atoms with E-state index in [9.17, 15) is 0 Å². The van der Waals surface area contributed by atoms with Crippen LogP contribution in [0.25, 0.3) is 0 Å². The molecule has 0 amide bonds. The smallest absolute Gasteiger partial charge is 0.147 e. The maximum Gasteiger partial charge on any atom is 0.147 e. The SMILES string of the molecule is CC(C)c1ccc(N2CCN(c3cnccn3)CC2)c(C(C)C)c1. The largest absolute Gasteiger partial charge is 0.368 e. The molecule has 1 aromatic heterocycles. The molecule has 0 unspecified atom stereocenters. The molecule has 1 fully saturated rings. The molecule has 1 aliphatic heterocycles. The molecule has 2 aromatic rings. The topological polar surface area (TPSA) is 32.3 Å². The maximum atomic E-state index is 4.42. The van der Waals surface area contributed by atoms with Crippen LogP contribution in [-0.2, 0) is 0 Å². The number of benzene rings is 1. The molecule has 0 radical (unpaired) electrons. The van der Waals surface area contributed by atoms with Crippen molar-refractivity contribution in [3.63, 3.8) is 0 Å². The van der Waals surface area contributed by atoms with Crippen molar-refractivity contribution in [3.05, 3.63) is 47.9 Å². The third-order valence-electron chi connectivity index (χ3n) is 4.83. The van der Waals surface area contributed by atoms with Crippen molar-refractivity contribution in [1.29, 1.82) is 0 Å². The Morgan fingerprint density at radius 2 is 1.58 bits per heavy atom. The van der Waals surface area contributed by atoms with Gasteiger partial charge in [0.2, 0.25) is 0 Å². The van der Waals surface area contributed by atoms with E-state index in [4.69, 9.17) is 0 Å². The molecule has 24 heavy (non-hydrogen) atoms. The van der Waals surface area contributed by atoms with Crippen LogP contribution in [0.3, 0.4) is 0 Å². The number of hydrogen-bond donors (Lipinski definition) is 0. The highest BCUT2D eigenvalue weighted by molar-refractivity contribution is 5.58. The fourth-order valence-electron chi connectivity index (χ4n) is 3.31. The van der Waals surface area contributed by atoms with Crippen LogP contribution >= 0.6 is 0 Å². The van der Waals surface area contributed by atoms with Gasteiger partial charge >= 0.3 is 0 Å². The first-order chi connectivity index (χ1) is 11.6. The average Bonchev–Trinajstić information content (AvgIpc) is 2.62. The van der Waals surface area contributed by atoms with Gasteiger partial charge in [0.1, 0.15) is 5.82 Å². The van der Waals surface area contributed by atoms with Crippen molar-refractivity contribution in [1.82, 2.24) is 9.97 Å². The van der Waals surface area contributed by atoms with E-state index in [0.717, 1.165) is 32.0 Å². The third kappa shape index (κ3) is 3.53. The van der Waals surface area contributed by atoms with Crippen LogP contribution in [0, 0.1) is 0 Å². The quantitative estimate of drug-likeness (QED) is 0.849. The van der Waals surface area contributed by atoms with Crippen LogP contribution in [0.2, 0.25) is 0 Å². The summed E-state index contributed by atoms with van der Waals surface area (Å²) in [5.41, 5.74) is 4.29. The highest BCUT2D eigenvalue weighted by Gasteiger charge is 2.21. The summed E-state index contributed by atoms with van der Waals surface area (Å²) in [5.74, 6) is 2.10. The molecule has 0 saturated carbocycles. The van der Waals surface area contributed by atoms with Gasteiger partial charge in [0, 0.05) is 44.3 Å². The van der Waals surface area contributed by atoms with Crippen LogP contribution in [0.4, 0.5) is 11.5 Å². The summed E-state index contributed by atoms with van der Waals surface area (Å²) in [7, 11) is 0. The summed E-state index contributed by atoms with van der Waals surface area (Å²) in [6.45, 7) is 13.1. The zero-order chi connectivity index (χ0) is 17.1. The lowest BCUT2D eigenvalue weighted by molar-refractivity contribution is 0.641. The van der Waals surface area contributed by atoms with Gasteiger partial charge in [-0.15, -0.1) is 0 Å². The lowest BCUT2D eigenvalue weighted by Gasteiger charge is -2.38. The number of rotatable bonds is 4. The minimum absolute atomic E-state index is 0.539. The predicted molar refractivity (Wildman–Crippen MR) is 101 cm³/mol. The van der Waals surface area contributed by atoms with Crippen LogP contribution in [0.5, 0.6) is 0 Å². The summed E-state index contributed by atoms with van der Waals surface area (Å²) in [5, 5.41) is 0. The normalized spacial score (nSPS) is 15.4. The molecule has 1 aromatic carbocycles. The molecule has 4 nitrogen and oxygen atoms in total.